The highest BCUT2D eigenvalue weighted by Gasteiger charge is 2.13. The number of para-hydroxylation sites is 1. The molecule has 0 fully saturated rings. The number of pyridine rings is 1. The number of rotatable bonds is 3. The minimum Gasteiger partial charge on any atom is -0.454 e. The molecular weight excluding hydrogens is 304 g/mol. The highest BCUT2D eigenvalue weighted by Crippen LogP contribution is 2.34. The summed E-state index contributed by atoms with van der Waals surface area (Å²) < 4.78 is 10.5. The zero-order valence-electron chi connectivity index (χ0n) is 12.7. The van der Waals surface area contributed by atoms with Gasteiger partial charge in [-0.1, -0.05) is 24.3 Å². The molecule has 5 heteroatoms. The number of anilines is 1. The lowest BCUT2D eigenvalue weighted by Gasteiger charge is -2.04. The summed E-state index contributed by atoms with van der Waals surface area (Å²) >= 11 is 0. The quantitative estimate of drug-likeness (QED) is 0.749. The van der Waals surface area contributed by atoms with Gasteiger partial charge in [0.25, 0.3) is 0 Å². The Morgan fingerprint density at radius 2 is 1.96 bits per heavy atom. The van der Waals surface area contributed by atoms with Crippen molar-refractivity contribution in [2.45, 2.75) is 0 Å². The third-order valence-electron chi connectivity index (χ3n) is 3.72. The van der Waals surface area contributed by atoms with E-state index in [0.29, 0.717) is 17.2 Å². The Hall–Kier alpha value is -3.34. The molecule has 1 N–H and O–H groups in total. The molecule has 0 atom stereocenters. The number of fused-ring (bicyclic) bond motifs is 2. The van der Waals surface area contributed by atoms with Crippen LogP contribution < -0.4 is 14.8 Å². The van der Waals surface area contributed by atoms with Gasteiger partial charge in [0.15, 0.2) is 11.5 Å². The Balaban J connectivity index is 1.52. The number of nitrogens with one attached hydrogen (secondary N) is 1. The van der Waals surface area contributed by atoms with Crippen molar-refractivity contribution in [2.75, 3.05) is 12.1 Å². The maximum Gasteiger partial charge on any atom is 0.248 e. The van der Waals surface area contributed by atoms with Crippen LogP contribution in [0.1, 0.15) is 5.56 Å². The van der Waals surface area contributed by atoms with Crippen LogP contribution >= 0.6 is 0 Å². The monoisotopic (exact) mass is 318 g/mol. The summed E-state index contributed by atoms with van der Waals surface area (Å²) in [5.41, 5.74) is 2.42. The maximum atomic E-state index is 12.1. The molecule has 4 rings (SSSR count). The molecule has 0 unspecified atom stereocenters. The van der Waals surface area contributed by atoms with E-state index in [2.05, 4.69) is 10.3 Å². The number of carbonyl (C=O) groups excluding carboxylic acids is 1. The molecule has 0 saturated carbocycles. The Kier molecular flexibility index (Phi) is 3.59. The van der Waals surface area contributed by atoms with Crippen molar-refractivity contribution in [2.24, 2.45) is 0 Å². The van der Waals surface area contributed by atoms with Gasteiger partial charge in [-0.05, 0) is 24.3 Å². The normalized spacial score (nSPS) is 12.7. The van der Waals surface area contributed by atoms with Gasteiger partial charge in [0.1, 0.15) is 0 Å². The molecule has 0 saturated heterocycles. The number of carbonyl (C=O) groups is 1. The van der Waals surface area contributed by atoms with E-state index in [0.717, 1.165) is 16.5 Å². The Bertz CT molecular complexity index is 945. The van der Waals surface area contributed by atoms with E-state index in [1.165, 1.54) is 6.08 Å². The second-order valence-corrected chi connectivity index (χ2v) is 5.31. The van der Waals surface area contributed by atoms with Gasteiger partial charge in [0, 0.05) is 35.0 Å². The molecule has 1 aromatic heterocycles. The van der Waals surface area contributed by atoms with Gasteiger partial charge in [0.2, 0.25) is 12.7 Å². The summed E-state index contributed by atoms with van der Waals surface area (Å²) in [5.74, 6) is 1.10. The Labute approximate surface area is 138 Å². The van der Waals surface area contributed by atoms with Gasteiger partial charge in [-0.3, -0.25) is 9.78 Å². The summed E-state index contributed by atoms with van der Waals surface area (Å²) in [6, 6.07) is 15.0. The van der Waals surface area contributed by atoms with Crippen LogP contribution in [0.25, 0.3) is 17.0 Å². The van der Waals surface area contributed by atoms with Crippen LogP contribution in [-0.2, 0) is 4.79 Å². The van der Waals surface area contributed by atoms with Crippen LogP contribution in [0, 0.1) is 0 Å². The molecule has 0 bridgehead atoms. The topological polar surface area (TPSA) is 60.5 Å². The van der Waals surface area contributed by atoms with E-state index in [1.54, 1.807) is 30.5 Å². The summed E-state index contributed by atoms with van der Waals surface area (Å²) in [6.07, 6.45) is 5.00. The summed E-state index contributed by atoms with van der Waals surface area (Å²) in [6.45, 7) is 0.209. The molecule has 0 radical (unpaired) electrons. The number of amides is 1. The van der Waals surface area contributed by atoms with Gasteiger partial charge in [-0.15, -0.1) is 0 Å². The molecule has 118 valence electrons. The first-order valence-electron chi connectivity index (χ1n) is 7.52. The number of aromatic nitrogens is 1. The van der Waals surface area contributed by atoms with Gasteiger partial charge in [-0.25, -0.2) is 0 Å². The van der Waals surface area contributed by atoms with Crippen LogP contribution in [-0.4, -0.2) is 17.7 Å². The van der Waals surface area contributed by atoms with Crippen LogP contribution in [0.2, 0.25) is 0 Å². The van der Waals surface area contributed by atoms with Gasteiger partial charge in [0.05, 0.1) is 5.52 Å². The van der Waals surface area contributed by atoms with Crippen LogP contribution in [0.5, 0.6) is 11.5 Å². The van der Waals surface area contributed by atoms with Crippen molar-refractivity contribution < 1.29 is 14.3 Å². The highest BCUT2D eigenvalue weighted by molar-refractivity contribution is 6.03. The Morgan fingerprint density at radius 1 is 1.08 bits per heavy atom. The number of benzene rings is 2. The van der Waals surface area contributed by atoms with E-state index in [4.69, 9.17) is 9.47 Å². The predicted molar refractivity (Wildman–Crippen MR) is 92.0 cm³/mol. The summed E-state index contributed by atoms with van der Waals surface area (Å²) in [7, 11) is 0. The molecule has 2 aromatic carbocycles. The zero-order valence-corrected chi connectivity index (χ0v) is 12.7. The minimum absolute atomic E-state index is 0.209. The van der Waals surface area contributed by atoms with Gasteiger partial charge < -0.3 is 14.8 Å². The molecule has 1 amide bonds. The van der Waals surface area contributed by atoms with Gasteiger partial charge >= 0.3 is 0 Å². The second-order valence-electron chi connectivity index (χ2n) is 5.31. The number of nitrogens with zero attached hydrogens (tertiary/aromatic N) is 1. The smallest absolute Gasteiger partial charge is 0.248 e. The van der Waals surface area contributed by atoms with Crippen LogP contribution in [0.15, 0.2) is 60.8 Å². The van der Waals surface area contributed by atoms with Crippen molar-refractivity contribution >= 4 is 28.6 Å². The third kappa shape index (κ3) is 2.79. The number of hydrogen-bond acceptors (Lipinski definition) is 4. The fraction of sp³-hybridized carbons (Fsp3) is 0.0526. The molecule has 2 heterocycles. The zero-order chi connectivity index (χ0) is 16.4. The molecule has 0 aliphatic carbocycles. The summed E-state index contributed by atoms with van der Waals surface area (Å²) in [4.78, 5) is 16.5. The first-order chi connectivity index (χ1) is 11.8. The predicted octanol–water partition coefficient (Wildman–Crippen LogP) is 3.62. The largest absolute Gasteiger partial charge is 0.454 e. The van der Waals surface area contributed by atoms with E-state index < -0.39 is 0 Å². The van der Waals surface area contributed by atoms with Gasteiger partial charge in [-0.2, -0.15) is 0 Å². The van der Waals surface area contributed by atoms with Crippen molar-refractivity contribution in [3.63, 3.8) is 0 Å². The standard InChI is InChI=1S/C19H14N2O3/c22-18(21-15-7-8-16-17(11-15)24-12-23-16)9-6-14-4-1-3-13-5-2-10-20-19(13)14/h1-11H,12H2,(H,21,22)/b9-6+. The second kappa shape index (κ2) is 6.04. The van der Waals surface area contributed by atoms with Crippen LogP contribution in [0.4, 0.5) is 5.69 Å². The van der Waals surface area contributed by atoms with Crippen molar-refractivity contribution in [3.05, 3.63) is 66.4 Å². The fourth-order valence-corrected chi connectivity index (χ4v) is 2.59. The number of ether oxygens (including phenoxy) is 2. The van der Waals surface area contributed by atoms with Crippen molar-refractivity contribution in [1.82, 2.24) is 4.98 Å². The molecule has 3 aromatic rings. The average Bonchev–Trinajstić information content (AvgIpc) is 3.07. The molecule has 1 aliphatic heterocycles. The lowest BCUT2D eigenvalue weighted by molar-refractivity contribution is -0.111. The van der Waals surface area contributed by atoms with Crippen molar-refractivity contribution in [1.29, 1.82) is 0 Å². The molecule has 1 aliphatic rings. The minimum atomic E-state index is -0.221. The molecule has 24 heavy (non-hydrogen) atoms. The Morgan fingerprint density at radius 3 is 2.92 bits per heavy atom. The van der Waals surface area contributed by atoms with E-state index in [-0.39, 0.29) is 12.7 Å². The third-order valence-corrected chi connectivity index (χ3v) is 3.72. The first-order valence-corrected chi connectivity index (χ1v) is 7.52. The van der Waals surface area contributed by atoms with Crippen LogP contribution in [0.3, 0.4) is 0 Å². The SMILES string of the molecule is O=C(/C=C/c1cccc2cccnc12)Nc1ccc2c(c1)OCO2. The lowest BCUT2D eigenvalue weighted by atomic mass is 10.1. The van der Waals surface area contributed by atoms with E-state index in [9.17, 15) is 4.79 Å². The van der Waals surface area contributed by atoms with Crippen molar-refractivity contribution in [3.8, 4) is 11.5 Å². The number of hydrogen-bond donors (Lipinski definition) is 1. The fourth-order valence-electron chi connectivity index (χ4n) is 2.59. The molecule has 0 spiro atoms. The average molecular weight is 318 g/mol. The maximum absolute atomic E-state index is 12.1. The van der Waals surface area contributed by atoms with E-state index >= 15 is 0 Å². The molecule has 5 nitrogen and oxygen atoms in total. The highest BCUT2D eigenvalue weighted by atomic mass is 16.7. The molecular formula is C19H14N2O3. The first kappa shape index (κ1) is 14.3. The van der Waals surface area contributed by atoms with E-state index in [1.807, 2.05) is 30.3 Å². The lowest BCUT2D eigenvalue weighted by Crippen LogP contribution is -2.07. The summed E-state index contributed by atoms with van der Waals surface area (Å²) in [5, 5.41) is 3.85.